The first-order valence-electron chi connectivity index (χ1n) is 9.27. The van der Waals surface area contributed by atoms with Crippen LogP contribution in [0.2, 0.25) is 0 Å². The van der Waals surface area contributed by atoms with Crippen LogP contribution in [-0.2, 0) is 9.63 Å². The van der Waals surface area contributed by atoms with E-state index in [0.29, 0.717) is 13.0 Å². The minimum Gasteiger partial charge on any atom is -0.396 e. The summed E-state index contributed by atoms with van der Waals surface area (Å²) in [4.78, 5) is 17.1. The second-order valence-corrected chi connectivity index (χ2v) is 6.27. The summed E-state index contributed by atoms with van der Waals surface area (Å²) in [5.74, 6) is 0.202. The lowest BCUT2D eigenvalue weighted by Gasteiger charge is -2.09. The highest BCUT2D eigenvalue weighted by molar-refractivity contribution is 5.84. The van der Waals surface area contributed by atoms with E-state index in [4.69, 9.17) is 4.84 Å². The number of carbonyl (C=O) groups excluding carboxylic acids is 1. The molecule has 0 saturated carbocycles. The van der Waals surface area contributed by atoms with E-state index in [-0.39, 0.29) is 5.91 Å². The Morgan fingerprint density at radius 2 is 1.50 bits per heavy atom. The fourth-order valence-electron chi connectivity index (χ4n) is 2.73. The number of nitrogens with one attached hydrogen (secondary N) is 1. The fourth-order valence-corrected chi connectivity index (χ4v) is 2.73. The molecule has 4 heteroatoms. The van der Waals surface area contributed by atoms with Crippen molar-refractivity contribution in [3.8, 4) is 0 Å². The Hall–Kier alpha value is -1.06. The van der Waals surface area contributed by atoms with Crippen molar-refractivity contribution in [2.75, 3.05) is 13.2 Å². The predicted octanol–water partition coefficient (Wildman–Crippen LogP) is 4.58. The molecule has 1 amide bonds. The summed E-state index contributed by atoms with van der Waals surface area (Å²) >= 11 is 0. The molecule has 1 fully saturated rings. The maximum absolute atomic E-state index is 11.7. The van der Waals surface area contributed by atoms with Gasteiger partial charge in [0.15, 0.2) is 0 Å². The van der Waals surface area contributed by atoms with Gasteiger partial charge in [-0.2, -0.15) is 0 Å². The first-order chi connectivity index (χ1) is 10.8. The van der Waals surface area contributed by atoms with Crippen LogP contribution in [0.4, 0.5) is 0 Å². The maximum atomic E-state index is 11.7. The Morgan fingerprint density at radius 1 is 0.909 bits per heavy atom. The van der Waals surface area contributed by atoms with E-state index in [1.807, 2.05) is 0 Å². The lowest BCUT2D eigenvalue weighted by atomic mass is 10.0. The molecule has 128 valence electrons. The van der Waals surface area contributed by atoms with E-state index in [0.717, 1.165) is 44.4 Å². The quantitative estimate of drug-likeness (QED) is 0.612. The third-order valence-corrected chi connectivity index (χ3v) is 4.07. The molecule has 0 bridgehead atoms. The Morgan fingerprint density at radius 3 is 2.18 bits per heavy atom. The van der Waals surface area contributed by atoms with Crippen LogP contribution in [0.15, 0.2) is 5.16 Å². The van der Waals surface area contributed by atoms with Crippen LogP contribution in [0.25, 0.3) is 0 Å². The summed E-state index contributed by atoms with van der Waals surface area (Å²) in [6.07, 6.45) is 14.6. The molecule has 0 aromatic heterocycles. The Bertz CT molecular complexity index is 316. The van der Waals surface area contributed by atoms with Gasteiger partial charge in [0.25, 0.3) is 0 Å². The van der Waals surface area contributed by atoms with Crippen LogP contribution in [0, 0.1) is 0 Å². The van der Waals surface area contributed by atoms with Gasteiger partial charge in [-0.15, -0.1) is 0 Å². The number of hydrogen-bond acceptors (Lipinski definition) is 3. The molecule has 1 N–H and O–H groups in total. The molecule has 0 aliphatic carbocycles. The zero-order valence-corrected chi connectivity index (χ0v) is 14.4. The molecule has 0 spiro atoms. The summed E-state index contributed by atoms with van der Waals surface area (Å²) in [6.45, 7) is 3.54. The molecule has 1 rings (SSSR count). The highest BCUT2D eigenvalue weighted by Crippen LogP contribution is 2.12. The van der Waals surface area contributed by atoms with Crippen molar-refractivity contribution in [2.45, 2.75) is 90.4 Å². The van der Waals surface area contributed by atoms with Gasteiger partial charge in [0.05, 0.1) is 5.71 Å². The Balaban J connectivity index is 2.37. The van der Waals surface area contributed by atoms with Crippen molar-refractivity contribution in [2.24, 2.45) is 5.16 Å². The number of oxime groups is 1. The molecule has 1 heterocycles. The van der Waals surface area contributed by atoms with Crippen LogP contribution < -0.4 is 5.32 Å². The summed E-state index contributed by atoms with van der Waals surface area (Å²) in [6, 6.07) is 0. The minimum absolute atomic E-state index is 0.202. The fraction of sp³-hybridized carbons (Fsp3) is 0.889. The van der Waals surface area contributed by atoms with Gasteiger partial charge in [0.2, 0.25) is 5.91 Å². The van der Waals surface area contributed by atoms with Gasteiger partial charge in [-0.3, -0.25) is 4.79 Å². The lowest BCUT2D eigenvalue weighted by Crippen LogP contribution is -2.24. The molecule has 1 saturated heterocycles. The normalized spacial score (nSPS) is 22.2. The molecule has 22 heavy (non-hydrogen) atoms. The monoisotopic (exact) mass is 310 g/mol. The summed E-state index contributed by atoms with van der Waals surface area (Å²) in [5.41, 5.74) is 1.16. The van der Waals surface area contributed by atoms with Crippen LogP contribution in [0.3, 0.4) is 0 Å². The number of rotatable bonds is 3. The molecule has 1 aliphatic rings. The van der Waals surface area contributed by atoms with E-state index in [2.05, 4.69) is 17.4 Å². The second-order valence-electron chi connectivity index (χ2n) is 6.27. The van der Waals surface area contributed by atoms with Crippen LogP contribution in [0.5, 0.6) is 0 Å². The lowest BCUT2D eigenvalue weighted by molar-refractivity contribution is -0.121. The zero-order chi connectivity index (χ0) is 15.9. The Labute approximate surface area is 136 Å². The smallest absolute Gasteiger partial charge is 0.219 e. The summed E-state index contributed by atoms with van der Waals surface area (Å²) < 4.78 is 0. The number of nitrogens with zero attached hydrogens (tertiary/aromatic N) is 1. The number of amides is 1. The first-order valence-corrected chi connectivity index (χ1v) is 9.27. The van der Waals surface area contributed by atoms with Crippen LogP contribution in [0.1, 0.15) is 90.4 Å². The number of hydrogen-bond donors (Lipinski definition) is 1. The Kier molecular flexibility index (Phi) is 11.7. The van der Waals surface area contributed by atoms with Gasteiger partial charge >= 0.3 is 0 Å². The summed E-state index contributed by atoms with van der Waals surface area (Å²) in [5, 5.41) is 7.32. The first kappa shape index (κ1) is 19.0. The molecular weight excluding hydrogens is 276 g/mol. The molecule has 4 nitrogen and oxygen atoms in total. The van der Waals surface area contributed by atoms with Gasteiger partial charge in [-0.1, -0.05) is 50.6 Å². The van der Waals surface area contributed by atoms with Crippen molar-refractivity contribution in [3.63, 3.8) is 0 Å². The van der Waals surface area contributed by atoms with Gasteiger partial charge in [0.1, 0.15) is 6.61 Å². The van der Waals surface area contributed by atoms with Gasteiger partial charge in [-0.25, -0.2) is 0 Å². The standard InChI is InChI=1S/C18H34N2O2/c1-2-16-22-20-17-12-9-7-5-3-4-6-8-10-14-18(21)19-15-11-13-17/h2-16H2,1H3,(H,19,21)/b20-17-. The van der Waals surface area contributed by atoms with Crippen molar-refractivity contribution < 1.29 is 9.63 Å². The third kappa shape index (κ3) is 10.6. The molecule has 0 radical (unpaired) electrons. The van der Waals surface area contributed by atoms with Crippen LogP contribution in [-0.4, -0.2) is 24.8 Å². The SMILES string of the molecule is CCCO/N=C1/CCCCCCCCCCC(=O)NCCC1. The topological polar surface area (TPSA) is 50.7 Å². The predicted molar refractivity (Wildman–Crippen MR) is 92.1 cm³/mol. The van der Waals surface area contributed by atoms with Crippen molar-refractivity contribution in [1.29, 1.82) is 0 Å². The van der Waals surface area contributed by atoms with Gasteiger partial charge < -0.3 is 10.2 Å². The van der Waals surface area contributed by atoms with E-state index >= 15 is 0 Å². The average molecular weight is 310 g/mol. The van der Waals surface area contributed by atoms with Crippen molar-refractivity contribution in [3.05, 3.63) is 0 Å². The zero-order valence-electron chi connectivity index (χ0n) is 14.4. The molecule has 0 atom stereocenters. The largest absolute Gasteiger partial charge is 0.396 e. The second kappa shape index (κ2) is 13.6. The van der Waals surface area contributed by atoms with Crippen molar-refractivity contribution >= 4 is 11.6 Å². The molecule has 0 aromatic carbocycles. The number of carbonyl (C=O) groups is 1. The van der Waals surface area contributed by atoms with E-state index in [1.165, 1.54) is 44.9 Å². The third-order valence-electron chi connectivity index (χ3n) is 4.07. The average Bonchev–Trinajstić information content (AvgIpc) is 2.51. The maximum Gasteiger partial charge on any atom is 0.219 e. The van der Waals surface area contributed by atoms with E-state index < -0.39 is 0 Å². The minimum atomic E-state index is 0.202. The highest BCUT2D eigenvalue weighted by atomic mass is 16.6. The molecule has 1 aliphatic heterocycles. The van der Waals surface area contributed by atoms with E-state index in [9.17, 15) is 4.79 Å². The van der Waals surface area contributed by atoms with Gasteiger partial charge in [-0.05, 0) is 38.5 Å². The van der Waals surface area contributed by atoms with E-state index in [1.54, 1.807) is 0 Å². The highest BCUT2D eigenvalue weighted by Gasteiger charge is 2.05. The van der Waals surface area contributed by atoms with Crippen LogP contribution >= 0.6 is 0 Å². The van der Waals surface area contributed by atoms with Gasteiger partial charge in [0, 0.05) is 13.0 Å². The summed E-state index contributed by atoms with van der Waals surface area (Å²) in [7, 11) is 0. The molecule has 0 aromatic rings. The molecular formula is C18H34N2O2. The molecule has 0 unspecified atom stereocenters. The van der Waals surface area contributed by atoms with Crippen molar-refractivity contribution in [1.82, 2.24) is 5.32 Å².